The van der Waals surface area contributed by atoms with Gasteiger partial charge < -0.3 is 4.52 Å². The van der Waals surface area contributed by atoms with Crippen LogP contribution in [0.15, 0.2) is 51.4 Å². The van der Waals surface area contributed by atoms with E-state index >= 15 is 0 Å². The van der Waals surface area contributed by atoms with Crippen molar-refractivity contribution in [3.63, 3.8) is 0 Å². The Labute approximate surface area is 166 Å². The van der Waals surface area contributed by atoms with Crippen molar-refractivity contribution in [1.29, 1.82) is 0 Å². The zero-order valence-electron chi connectivity index (χ0n) is 15.1. The molecule has 0 saturated carbocycles. The van der Waals surface area contributed by atoms with Crippen LogP contribution in [0.1, 0.15) is 21.8 Å². The molecule has 1 unspecified atom stereocenters. The van der Waals surface area contributed by atoms with E-state index in [1.165, 1.54) is 18.2 Å². The van der Waals surface area contributed by atoms with Gasteiger partial charge in [0.2, 0.25) is 5.82 Å². The van der Waals surface area contributed by atoms with Crippen LogP contribution in [0, 0.1) is 11.6 Å². The van der Waals surface area contributed by atoms with Gasteiger partial charge in [-0.1, -0.05) is 23.4 Å². The molecule has 0 aliphatic heterocycles. The summed E-state index contributed by atoms with van der Waals surface area (Å²) in [6.45, 7) is 0. The van der Waals surface area contributed by atoms with E-state index in [9.17, 15) is 31.0 Å². The van der Waals surface area contributed by atoms with E-state index in [1.807, 2.05) is 0 Å². The van der Waals surface area contributed by atoms with Gasteiger partial charge in [0.25, 0.3) is 5.91 Å². The summed E-state index contributed by atoms with van der Waals surface area (Å²) >= 11 is 0. The van der Waals surface area contributed by atoms with Gasteiger partial charge in [-0.25, -0.2) is 13.0 Å². The highest BCUT2D eigenvalue weighted by Crippen LogP contribution is 2.29. The number of aromatic nitrogens is 2. The third-order valence-corrected chi connectivity index (χ3v) is 5.16. The first-order valence-corrected chi connectivity index (χ1v) is 10.2. The van der Waals surface area contributed by atoms with E-state index in [4.69, 9.17) is 0 Å². The van der Waals surface area contributed by atoms with Gasteiger partial charge in [0, 0.05) is 22.9 Å². The molecule has 0 saturated heterocycles. The molecule has 12 heteroatoms. The Hall–Kier alpha value is -3.15. The van der Waals surface area contributed by atoms with Crippen molar-refractivity contribution in [3.8, 4) is 11.4 Å². The number of nitrogens with zero attached hydrogens (tertiary/aromatic N) is 3. The molecule has 1 atom stereocenters. The number of halogens is 5. The van der Waals surface area contributed by atoms with E-state index in [-0.39, 0.29) is 11.1 Å². The first-order valence-electron chi connectivity index (χ1n) is 8.15. The van der Waals surface area contributed by atoms with E-state index < -0.39 is 56.5 Å². The number of hydrogen-bond donors (Lipinski definition) is 0. The van der Waals surface area contributed by atoms with Crippen molar-refractivity contribution >= 4 is 15.6 Å². The lowest BCUT2D eigenvalue weighted by Crippen LogP contribution is -2.09. The van der Waals surface area contributed by atoms with Crippen molar-refractivity contribution in [3.05, 3.63) is 71.1 Å². The maximum absolute atomic E-state index is 13.8. The Bertz CT molecular complexity index is 1210. The van der Waals surface area contributed by atoms with Crippen LogP contribution in [0.25, 0.3) is 11.4 Å². The first-order chi connectivity index (χ1) is 14.0. The van der Waals surface area contributed by atoms with E-state index in [2.05, 4.69) is 19.0 Å². The molecule has 1 amide bonds. The summed E-state index contributed by atoms with van der Waals surface area (Å²) in [5, 5.41) is 3.22. The summed E-state index contributed by atoms with van der Waals surface area (Å²) in [7, 11) is -3.37. The van der Waals surface area contributed by atoms with Crippen molar-refractivity contribution in [1.82, 2.24) is 10.1 Å². The quantitative estimate of drug-likeness (QED) is 0.553. The molecular formula is C18H12F5N3O3S. The maximum atomic E-state index is 13.8. The van der Waals surface area contributed by atoms with E-state index in [0.717, 1.165) is 30.5 Å². The molecule has 0 radical (unpaired) electrons. The number of carbonyl (C=O) groups is 1. The predicted octanol–water partition coefficient (Wildman–Crippen LogP) is 4.47. The lowest BCUT2D eigenvalue weighted by molar-refractivity contribution is -0.159. The van der Waals surface area contributed by atoms with Crippen molar-refractivity contribution < 1.29 is 35.5 Å². The van der Waals surface area contributed by atoms with Gasteiger partial charge in [0.1, 0.15) is 11.6 Å². The maximum Gasteiger partial charge on any atom is 0.471 e. The Morgan fingerprint density at radius 1 is 1.13 bits per heavy atom. The van der Waals surface area contributed by atoms with Crippen LogP contribution in [0.2, 0.25) is 0 Å². The smallest absolute Gasteiger partial charge is 0.329 e. The van der Waals surface area contributed by atoms with Crippen LogP contribution in [-0.4, -0.2) is 26.5 Å². The second-order valence-electron chi connectivity index (χ2n) is 6.20. The fraction of sp³-hybridized carbons (Fsp3) is 0.167. The van der Waals surface area contributed by atoms with Gasteiger partial charge >= 0.3 is 12.1 Å². The molecule has 0 bridgehead atoms. The van der Waals surface area contributed by atoms with E-state index in [0.29, 0.717) is 0 Å². The number of amides is 1. The molecule has 158 valence electrons. The van der Waals surface area contributed by atoms with Gasteiger partial charge in [-0.3, -0.25) is 4.79 Å². The molecule has 0 aliphatic carbocycles. The fourth-order valence-corrected chi connectivity index (χ4v) is 3.78. The highest BCUT2D eigenvalue weighted by molar-refractivity contribution is 7.92. The Kier molecular flexibility index (Phi) is 5.70. The number of rotatable bonds is 4. The number of benzene rings is 2. The minimum atomic E-state index is -4.83. The number of carbonyl (C=O) groups excluding carboxylic acids is 1. The monoisotopic (exact) mass is 445 g/mol. The minimum Gasteiger partial charge on any atom is -0.329 e. The van der Waals surface area contributed by atoms with Gasteiger partial charge in [0.15, 0.2) is 0 Å². The average Bonchev–Trinajstić information content (AvgIpc) is 3.15. The molecule has 0 fully saturated rings. The van der Waals surface area contributed by atoms with Gasteiger partial charge in [-0.2, -0.15) is 22.5 Å². The summed E-state index contributed by atoms with van der Waals surface area (Å²) in [6, 6.07) is 8.19. The lowest BCUT2D eigenvalue weighted by atomic mass is 10.1. The minimum absolute atomic E-state index is 0.0260. The Balaban J connectivity index is 1.89. The fourth-order valence-electron chi connectivity index (χ4n) is 2.45. The summed E-state index contributed by atoms with van der Waals surface area (Å²) < 4.78 is 85.6. The topological polar surface area (TPSA) is 85.4 Å². The largest absolute Gasteiger partial charge is 0.471 e. The molecule has 2 aromatic carbocycles. The van der Waals surface area contributed by atoms with Gasteiger partial charge in [0.05, 0.1) is 15.5 Å². The van der Waals surface area contributed by atoms with Crippen LogP contribution in [0.4, 0.5) is 22.0 Å². The average molecular weight is 445 g/mol. The summed E-state index contributed by atoms with van der Waals surface area (Å²) in [6.07, 6.45) is -3.76. The zero-order chi connectivity index (χ0) is 22.1. The third-order valence-electron chi connectivity index (χ3n) is 3.79. The zero-order valence-corrected chi connectivity index (χ0v) is 15.9. The Morgan fingerprint density at radius 3 is 2.37 bits per heavy atom. The summed E-state index contributed by atoms with van der Waals surface area (Å²) in [5.41, 5.74) is -0.575. The molecule has 0 spiro atoms. The molecular weight excluding hydrogens is 433 g/mol. The molecule has 3 aromatic rings. The van der Waals surface area contributed by atoms with Crippen molar-refractivity contribution in [2.24, 2.45) is 4.36 Å². The molecule has 0 N–H and O–H groups in total. The van der Waals surface area contributed by atoms with Crippen LogP contribution in [-0.2, 0) is 21.7 Å². The van der Waals surface area contributed by atoms with Gasteiger partial charge in [-0.15, -0.1) is 0 Å². The second-order valence-corrected chi connectivity index (χ2v) is 8.59. The summed E-state index contributed by atoms with van der Waals surface area (Å²) in [4.78, 5) is 15.6. The van der Waals surface area contributed by atoms with Crippen LogP contribution >= 0.6 is 0 Å². The second kappa shape index (κ2) is 7.94. The first kappa shape index (κ1) is 21.6. The molecule has 1 aromatic heterocycles. The molecule has 30 heavy (non-hydrogen) atoms. The van der Waals surface area contributed by atoms with Crippen molar-refractivity contribution in [2.45, 2.75) is 11.9 Å². The van der Waals surface area contributed by atoms with Gasteiger partial charge in [-0.05, 0) is 24.3 Å². The van der Waals surface area contributed by atoms with E-state index in [1.54, 1.807) is 0 Å². The van der Waals surface area contributed by atoms with Crippen LogP contribution < -0.4 is 0 Å². The highest BCUT2D eigenvalue weighted by Gasteiger charge is 2.38. The number of alkyl halides is 3. The third kappa shape index (κ3) is 4.87. The SMILES string of the molecule is CS(=O)(Cc1c(F)cccc1F)=NC(=O)c1cccc(-c2noc(C(F)(F)F)n2)c1. The summed E-state index contributed by atoms with van der Waals surface area (Å²) in [5.74, 6) is -5.44. The highest BCUT2D eigenvalue weighted by atomic mass is 32.2. The molecule has 6 nitrogen and oxygen atoms in total. The lowest BCUT2D eigenvalue weighted by Gasteiger charge is -2.07. The molecule has 1 heterocycles. The standard InChI is InChI=1S/C18H12F5N3O3S/c1-30(28,9-12-13(19)6-3-7-14(12)20)26-16(27)11-5-2-4-10(8-11)15-24-17(29-25-15)18(21,22)23/h2-8H,9H2,1H3. The molecule has 3 rings (SSSR count). The van der Waals surface area contributed by atoms with Crippen LogP contribution in [0.5, 0.6) is 0 Å². The van der Waals surface area contributed by atoms with Crippen molar-refractivity contribution in [2.75, 3.05) is 6.26 Å². The molecule has 0 aliphatic rings. The normalized spacial score (nSPS) is 13.7. The predicted molar refractivity (Wildman–Crippen MR) is 95.6 cm³/mol. The van der Waals surface area contributed by atoms with Crippen LogP contribution in [0.3, 0.4) is 0 Å². The number of hydrogen-bond acceptors (Lipinski definition) is 5. The Morgan fingerprint density at radius 2 is 1.77 bits per heavy atom.